The van der Waals surface area contributed by atoms with Crippen LogP contribution in [0.4, 0.5) is 0 Å². The lowest BCUT2D eigenvalue weighted by Crippen LogP contribution is -2.01. The Hall–Kier alpha value is -6.78. The van der Waals surface area contributed by atoms with E-state index < -0.39 is 0 Å². The quantitative estimate of drug-likeness (QED) is 0.176. The highest BCUT2D eigenvalue weighted by atomic mass is 15.0. The molecule has 232 valence electrons. The van der Waals surface area contributed by atoms with Crippen molar-refractivity contribution < 1.29 is 0 Å². The van der Waals surface area contributed by atoms with Gasteiger partial charge < -0.3 is 0 Å². The number of pyridine rings is 1. The Bertz CT molecular complexity index is 2850. The van der Waals surface area contributed by atoms with Gasteiger partial charge in [0.1, 0.15) is 0 Å². The van der Waals surface area contributed by atoms with Crippen LogP contribution in [0.15, 0.2) is 170 Å². The number of nitrogens with zero attached hydrogens (tertiary/aromatic N) is 4. The Morgan fingerprint density at radius 1 is 0.320 bits per heavy atom. The van der Waals surface area contributed by atoms with Crippen LogP contribution in [0.1, 0.15) is 0 Å². The summed E-state index contributed by atoms with van der Waals surface area (Å²) < 4.78 is 0. The van der Waals surface area contributed by atoms with E-state index in [1.807, 2.05) is 24.4 Å². The van der Waals surface area contributed by atoms with Crippen molar-refractivity contribution in [3.05, 3.63) is 170 Å². The molecule has 0 aliphatic carbocycles. The molecule has 0 N–H and O–H groups in total. The first kappa shape index (κ1) is 28.3. The fourth-order valence-electron chi connectivity index (χ4n) is 7.31. The molecule has 0 aliphatic heterocycles. The third-order valence-electron chi connectivity index (χ3n) is 9.77. The predicted molar refractivity (Wildman–Crippen MR) is 206 cm³/mol. The standard InChI is InChI=1S/C46H28N4/c1-2-8-35-27-36(21-16-29(35)7-1)30-14-19-34(20-15-30)44-48-45(40-13-4-3-12-38(40)37-11-6-26-47-28-37)50-46(49-44)41-25-23-33-18-17-31-9-5-10-32-22-24-39(41)43(33)42(31)32/h1-28H. The highest BCUT2D eigenvalue weighted by Crippen LogP contribution is 2.40. The van der Waals surface area contributed by atoms with Crippen LogP contribution in [-0.4, -0.2) is 19.9 Å². The molecule has 0 atom stereocenters. The molecule has 0 bridgehead atoms. The van der Waals surface area contributed by atoms with Gasteiger partial charge >= 0.3 is 0 Å². The molecule has 4 nitrogen and oxygen atoms in total. The van der Waals surface area contributed by atoms with Crippen LogP contribution >= 0.6 is 0 Å². The summed E-state index contributed by atoms with van der Waals surface area (Å²) in [5.74, 6) is 1.89. The SMILES string of the molecule is c1cncc(-c2ccccc2-c2nc(-c3ccc(-c4ccc5ccccc5c4)cc3)nc(-c3ccc4ccc5cccc6ccc3c4c56)n2)c1. The minimum absolute atomic E-state index is 0.619. The predicted octanol–water partition coefficient (Wildman–Crippen LogP) is 11.7. The number of aromatic nitrogens is 4. The minimum atomic E-state index is 0.619. The normalized spacial score (nSPS) is 11.6. The Morgan fingerprint density at radius 3 is 1.72 bits per heavy atom. The van der Waals surface area contributed by atoms with E-state index in [1.54, 1.807) is 6.20 Å². The first-order valence-corrected chi connectivity index (χ1v) is 16.8. The highest BCUT2D eigenvalue weighted by Gasteiger charge is 2.19. The highest BCUT2D eigenvalue weighted by molar-refractivity contribution is 6.25. The summed E-state index contributed by atoms with van der Waals surface area (Å²) in [5.41, 5.74) is 7.17. The molecule has 10 aromatic rings. The van der Waals surface area contributed by atoms with Crippen LogP contribution in [0.25, 0.3) is 99.5 Å². The van der Waals surface area contributed by atoms with E-state index in [-0.39, 0.29) is 0 Å². The van der Waals surface area contributed by atoms with Gasteiger partial charge in [-0.2, -0.15) is 0 Å². The smallest absolute Gasteiger partial charge is 0.164 e. The van der Waals surface area contributed by atoms with E-state index in [0.29, 0.717) is 17.5 Å². The molecule has 0 saturated heterocycles. The summed E-state index contributed by atoms with van der Waals surface area (Å²) in [6, 6.07) is 55.6. The van der Waals surface area contributed by atoms with Crippen molar-refractivity contribution in [3.8, 4) is 56.4 Å². The van der Waals surface area contributed by atoms with Gasteiger partial charge in [0.25, 0.3) is 0 Å². The summed E-state index contributed by atoms with van der Waals surface area (Å²) in [4.78, 5) is 20.0. The fraction of sp³-hybridized carbons (Fsp3) is 0. The first-order valence-electron chi connectivity index (χ1n) is 16.8. The van der Waals surface area contributed by atoms with Crippen molar-refractivity contribution in [2.75, 3.05) is 0 Å². The largest absolute Gasteiger partial charge is 0.264 e. The van der Waals surface area contributed by atoms with Crippen molar-refractivity contribution in [2.45, 2.75) is 0 Å². The van der Waals surface area contributed by atoms with Gasteiger partial charge in [-0.25, -0.2) is 15.0 Å². The molecule has 0 unspecified atom stereocenters. The Labute approximate surface area is 288 Å². The van der Waals surface area contributed by atoms with Crippen LogP contribution in [0.5, 0.6) is 0 Å². The van der Waals surface area contributed by atoms with Gasteiger partial charge in [-0.1, -0.05) is 140 Å². The Morgan fingerprint density at radius 2 is 0.920 bits per heavy atom. The Kier molecular flexibility index (Phi) is 6.46. The first-order chi connectivity index (χ1) is 24.8. The van der Waals surface area contributed by atoms with Gasteiger partial charge in [-0.15, -0.1) is 0 Å². The van der Waals surface area contributed by atoms with Crippen molar-refractivity contribution in [3.63, 3.8) is 0 Å². The Balaban J connectivity index is 1.17. The van der Waals surface area contributed by atoms with Crippen LogP contribution in [0, 0.1) is 0 Å². The van der Waals surface area contributed by atoms with Crippen LogP contribution in [0.3, 0.4) is 0 Å². The van der Waals surface area contributed by atoms with Gasteiger partial charge in [0.15, 0.2) is 17.5 Å². The average Bonchev–Trinajstić information content (AvgIpc) is 3.20. The molecular weight excluding hydrogens is 609 g/mol. The van der Waals surface area contributed by atoms with Gasteiger partial charge in [0.05, 0.1) is 0 Å². The average molecular weight is 637 g/mol. The van der Waals surface area contributed by atoms with E-state index in [2.05, 4.69) is 145 Å². The molecule has 8 aromatic carbocycles. The zero-order valence-corrected chi connectivity index (χ0v) is 27.0. The molecule has 0 amide bonds. The third kappa shape index (κ3) is 4.69. The third-order valence-corrected chi connectivity index (χ3v) is 9.77. The van der Waals surface area contributed by atoms with Crippen LogP contribution in [-0.2, 0) is 0 Å². The molecule has 0 radical (unpaired) electrons. The van der Waals surface area contributed by atoms with E-state index in [4.69, 9.17) is 15.0 Å². The summed E-state index contributed by atoms with van der Waals surface area (Å²) in [5, 5.41) is 9.74. The number of hydrogen-bond donors (Lipinski definition) is 0. The second-order valence-corrected chi connectivity index (χ2v) is 12.7. The number of benzene rings is 8. The van der Waals surface area contributed by atoms with Crippen LogP contribution in [0.2, 0.25) is 0 Å². The molecule has 2 aromatic heterocycles. The summed E-state index contributed by atoms with van der Waals surface area (Å²) >= 11 is 0. The second kappa shape index (κ2) is 11.4. The maximum absolute atomic E-state index is 5.22. The second-order valence-electron chi connectivity index (χ2n) is 12.7. The lowest BCUT2D eigenvalue weighted by Gasteiger charge is -2.15. The van der Waals surface area contributed by atoms with Crippen LogP contribution < -0.4 is 0 Å². The van der Waals surface area contributed by atoms with Gasteiger partial charge in [0, 0.05) is 34.6 Å². The van der Waals surface area contributed by atoms with Gasteiger partial charge in [-0.3, -0.25) is 4.98 Å². The molecular formula is C46H28N4. The maximum atomic E-state index is 5.22. The molecule has 0 aliphatic rings. The molecule has 0 fully saturated rings. The lowest BCUT2D eigenvalue weighted by molar-refractivity contribution is 1.08. The molecule has 0 saturated carbocycles. The van der Waals surface area contributed by atoms with Crippen molar-refractivity contribution in [1.29, 1.82) is 0 Å². The molecule has 10 rings (SSSR count). The number of fused-ring (bicyclic) bond motifs is 1. The maximum Gasteiger partial charge on any atom is 0.164 e. The molecule has 4 heteroatoms. The minimum Gasteiger partial charge on any atom is -0.264 e. The van der Waals surface area contributed by atoms with E-state index in [1.165, 1.54) is 43.3 Å². The van der Waals surface area contributed by atoms with Gasteiger partial charge in [-0.05, 0) is 78.0 Å². The summed E-state index contributed by atoms with van der Waals surface area (Å²) in [7, 11) is 0. The van der Waals surface area contributed by atoms with E-state index >= 15 is 0 Å². The van der Waals surface area contributed by atoms with Crippen molar-refractivity contribution >= 4 is 43.1 Å². The lowest BCUT2D eigenvalue weighted by atomic mass is 9.92. The van der Waals surface area contributed by atoms with E-state index in [0.717, 1.165) is 38.8 Å². The van der Waals surface area contributed by atoms with E-state index in [9.17, 15) is 0 Å². The zero-order valence-electron chi connectivity index (χ0n) is 27.0. The topological polar surface area (TPSA) is 51.6 Å². The zero-order chi connectivity index (χ0) is 33.0. The number of hydrogen-bond acceptors (Lipinski definition) is 4. The van der Waals surface area contributed by atoms with Gasteiger partial charge in [0.2, 0.25) is 0 Å². The molecule has 50 heavy (non-hydrogen) atoms. The number of rotatable bonds is 5. The molecule has 2 heterocycles. The summed E-state index contributed by atoms with van der Waals surface area (Å²) in [6.45, 7) is 0. The molecule has 0 spiro atoms. The van der Waals surface area contributed by atoms with Crippen molar-refractivity contribution in [2.24, 2.45) is 0 Å². The fourth-order valence-corrected chi connectivity index (χ4v) is 7.31. The van der Waals surface area contributed by atoms with Crippen molar-refractivity contribution in [1.82, 2.24) is 19.9 Å². The summed E-state index contributed by atoms with van der Waals surface area (Å²) in [6.07, 6.45) is 3.68. The monoisotopic (exact) mass is 636 g/mol.